The Morgan fingerprint density at radius 3 is 2.50 bits per heavy atom. The summed E-state index contributed by atoms with van der Waals surface area (Å²) >= 11 is 11.9. The van der Waals surface area contributed by atoms with E-state index in [-0.39, 0.29) is 11.5 Å². The standard InChI is InChI=1S/C23H20Cl2N2O4S/c1-15-10-20(32(29,30)27-9-8-16-4-2-3-5-21(16)27)6-7-22(15)31-14-23(28)26-19-12-17(24)11-18(25)13-19/h2-7,10-13H,8-9,14H2,1H3,(H,26,28). The van der Waals surface area contributed by atoms with E-state index in [4.69, 9.17) is 27.9 Å². The van der Waals surface area contributed by atoms with E-state index in [0.717, 1.165) is 5.56 Å². The first-order valence-electron chi connectivity index (χ1n) is 9.84. The summed E-state index contributed by atoms with van der Waals surface area (Å²) in [5.74, 6) is 0.0261. The third-order valence-corrected chi connectivity index (χ3v) is 7.33. The fourth-order valence-corrected chi connectivity index (χ4v) is 5.71. The number of hydrogen-bond donors (Lipinski definition) is 1. The zero-order chi connectivity index (χ0) is 22.9. The van der Waals surface area contributed by atoms with E-state index in [0.29, 0.717) is 45.7 Å². The molecule has 166 valence electrons. The van der Waals surface area contributed by atoms with Crippen LogP contribution in [0.15, 0.2) is 65.6 Å². The molecule has 1 amide bonds. The van der Waals surface area contributed by atoms with Gasteiger partial charge in [0.25, 0.3) is 15.9 Å². The molecule has 0 fully saturated rings. The number of para-hydroxylation sites is 1. The number of benzene rings is 3. The summed E-state index contributed by atoms with van der Waals surface area (Å²) in [7, 11) is -3.70. The third-order valence-electron chi connectivity index (χ3n) is 5.08. The van der Waals surface area contributed by atoms with Gasteiger partial charge in [-0.05, 0) is 66.9 Å². The molecule has 0 atom stereocenters. The highest BCUT2D eigenvalue weighted by Gasteiger charge is 2.30. The van der Waals surface area contributed by atoms with Crippen molar-refractivity contribution in [2.75, 3.05) is 22.8 Å². The first kappa shape index (κ1) is 22.5. The van der Waals surface area contributed by atoms with E-state index >= 15 is 0 Å². The molecule has 6 nitrogen and oxygen atoms in total. The maximum absolute atomic E-state index is 13.2. The van der Waals surface area contributed by atoms with Gasteiger partial charge in [-0.25, -0.2) is 8.42 Å². The molecule has 4 rings (SSSR count). The van der Waals surface area contributed by atoms with Crippen molar-refractivity contribution in [3.05, 3.63) is 81.8 Å². The van der Waals surface area contributed by atoms with Gasteiger partial charge < -0.3 is 10.1 Å². The molecular formula is C23H20Cl2N2O4S. The van der Waals surface area contributed by atoms with Gasteiger partial charge in [-0.15, -0.1) is 0 Å². The molecule has 3 aromatic carbocycles. The van der Waals surface area contributed by atoms with E-state index in [1.54, 1.807) is 37.3 Å². The normalized spacial score (nSPS) is 13.0. The Balaban J connectivity index is 1.45. The number of sulfonamides is 1. The largest absolute Gasteiger partial charge is 0.483 e. The smallest absolute Gasteiger partial charge is 0.264 e. The van der Waals surface area contributed by atoms with Crippen LogP contribution < -0.4 is 14.4 Å². The number of amides is 1. The second-order valence-electron chi connectivity index (χ2n) is 7.38. The summed E-state index contributed by atoms with van der Waals surface area (Å²) in [6.07, 6.45) is 0.683. The molecule has 1 aliphatic rings. The van der Waals surface area contributed by atoms with Gasteiger partial charge in [0.1, 0.15) is 5.75 Å². The van der Waals surface area contributed by atoms with Crippen LogP contribution in [0.4, 0.5) is 11.4 Å². The van der Waals surface area contributed by atoms with E-state index in [1.807, 2.05) is 24.3 Å². The molecule has 0 saturated carbocycles. The SMILES string of the molecule is Cc1cc(S(=O)(=O)N2CCc3ccccc32)ccc1OCC(=O)Nc1cc(Cl)cc(Cl)c1. The molecule has 1 aliphatic heterocycles. The number of fused-ring (bicyclic) bond motifs is 1. The summed E-state index contributed by atoms with van der Waals surface area (Å²) in [5, 5.41) is 3.47. The first-order valence-corrected chi connectivity index (χ1v) is 12.0. The zero-order valence-electron chi connectivity index (χ0n) is 17.1. The van der Waals surface area contributed by atoms with Crippen molar-refractivity contribution in [1.29, 1.82) is 0 Å². The Hall–Kier alpha value is -2.74. The van der Waals surface area contributed by atoms with Crippen molar-refractivity contribution in [2.24, 2.45) is 0 Å². The van der Waals surface area contributed by atoms with Crippen molar-refractivity contribution in [3.8, 4) is 5.75 Å². The molecule has 32 heavy (non-hydrogen) atoms. The predicted molar refractivity (Wildman–Crippen MR) is 126 cm³/mol. The van der Waals surface area contributed by atoms with E-state index in [9.17, 15) is 13.2 Å². The minimum absolute atomic E-state index is 0.178. The third kappa shape index (κ3) is 4.70. The van der Waals surface area contributed by atoms with Crippen LogP contribution in [0.3, 0.4) is 0 Å². The second kappa shape index (κ2) is 9.02. The lowest BCUT2D eigenvalue weighted by molar-refractivity contribution is -0.118. The van der Waals surface area contributed by atoms with Crippen LogP contribution >= 0.6 is 23.2 Å². The van der Waals surface area contributed by atoms with Crippen LogP contribution in [0.25, 0.3) is 0 Å². The first-order chi connectivity index (χ1) is 15.2. The summed E-state index contributed by atoms with van der Waals surface area (Å²) in [6.45, 7) is 1.89. The van der Waals surface area contributed by atoms with Crippen molar-refractivity contribution >= 4 is 50.5 Å². The number of carbonyl (C=O) groups is 1. The van der Waals surface area contributed by atoms with Gasteiger partial charge in [-0.1, -0.05) is 41.4 Å². The minimum Gasteiger partial charge on any atom is -0.483 e. The van der Waals surface area contributed by atoms with Crippen molar-refractivity contribution in [2.45, 2.75) is 18.2 Å². The number of carbonyl (C=O) groups excluding carboxylic acids is 1. The van der Waals surface area contributed by atoms with Crippen LogP contribution in [0, 0.1) is 6.92 Å². The molecule has 0 aromatic heterocycles. The number of rotatable bonds is 6. The number of anilines is 2. The Labute approximate surface area is 196 Å². The molecule has 0 radical (unpaired) electrons. The van der Waals surface area contributed by atoms with Crippen LogP contribution in [0.1, 0.15) is 11.1 Å². The highest BCUT2D eigenvalue weighted by Crippen LogP contribution is 2.33. The molecule has 0 aliphatic carbocycles. The number of halogens is 2. The van der Waals surface area contributed by atoms with Crippen LogP contribution in [0.2, 0.25) is 10.0 Å². The molecule has 9 heteroatoms. The van der Waals surface area contributed by atoms with Crippen LogP contribution in [-0.4, -0.2) is 27.5 Å². The average Bonchev–Trinajstić information content (AvgIpc) is 3.17. The van der Waals surface area contributed by atoms with Crippen molar-refractivity contribution < 1.29 is 17.9 Å². The summed E-state index contributed by atoms with van der Waals surface area (Å²) in [6, 6.07) is 16.8. The highest BCUT2D eigenvalue weighted by molar-refractivity contribution is 7.92. The lowest BCUT2D eigenvalue weighted by Gasteiger charge is -2.20. The second-order valence-corrected chi connectivity index (χ2v) is 10.1. The van der Waals surface area contributed by atoms with Crippen LogP contribution in [-0.2, 0) is 21.2 Å². The van der Waals surface area contributed by atoms with Crippen molar-refractivity contribution in [3.63, 3.8) is 0 Å². The van der Waals surface area contributed by atoms with Gasteiger partial charge in [0, 0.05) is 22.3 Å². The van der Waals surface area contributed by atoms with Crippen molar-refractivity contribution in [1.82, 2.24) is 0 Å². The number of nitrogens with one attached hydrogen (secondary N) is 1. The molecule has 0 spiro atoms. The monoisotopic (exact) mass is 490 g/mol. The van der Waals surface area contributed by atoms with Gasteiger partial charge in [0.15, 0.2) is 6.61 Å². The van der Waals surface area contributed by atoms with Gasteiger partial charge in [-0.3, -0.25) is 9.10 Å². The molecule has 3 aromatic rings. The Morgan fingerprint density at radius 2 is 1.78 bits per heavy atom. The fraction of sp³-hybridized carbons (Fsp3) is 0.174. The molecule has 0 saturated heterocycles. The molecule has 1 heterocycles. The predicted octanol–water partition coefficient (Wildman–Crippen LogP) is 5.07. The zero-order valence-corrected chi connectivity index (χ0v) is 19.5. The highest BCUT2D eigenvalue weighted by atomic mass is 35.5. The Kier molecular flexibility index (Phi) is 6.33. The molecular weight excluding hydrogens is 471 g/mol. The number of ether oxygens (including phenoxy) is 1. The number of hydrogen-bond acceptors (Lipinski definition) is 4. The van der Waals surface area contributed by atoms with E-state index in [1.165, 1.54) is 10.4 Å². The quantitative estimate of drug-likeness (QED) is 0.523. The number of nitrogens with zero attached hydrogens (tertiary/aromatic N) is 1. The summed E-state index contributed by atoms with van der Waals surface area (Å²) in [5.41, 5.74) is 2.79. The summed E-state index contributed by atoms with van der Waals surface area (Å²) < 4.78 is 33.4. The van der Waals surface area contributed by atoms with E-state index < -0.39 is 15.9 Å². The van der Waals surface area contributed by atoms with Gasteiger partial charge in [-0.2, -0.15) is 0 Å². The van der Waals surface area contributed by atoms with Crippen LogP contribution in [0.5, 0.6) is 5.75 Å². The summed E-state index contributed by atoms with van der Waals surface area (Å²) in [4.78, 5) is 12.4. The van der Waals surface area contributed by atoms with Gasteiger partial charge >= 0.3 is 0 Å². The molecule has 0 bridgehead atoms. The maximum Gasteiger partial charge on any atom is 0.264 e. The maximum atomic E-state index is 13.2. The Bertz CT molecular complexity index is 1270. The lowest BCUT2D eigenvalue weighted by atomic mass is 10.2. The lowest BCUT2D eigenvalue weighted by Crippen LogP contribution is -2.29. The molecule has 1 N–H and O–H groups in total. The number of aryl methyl sites for hydroxylation is 1. The fourth-order valence-electron chi connectivity index (χ4n) is 3.60. The minimum atomic E-state index is -3.70. The topological polar surface area (TPSA) is 75.7 Å². The van der Waals surface area contributed by atoms with Gasteiger partial charge in [0.05, 0.1) is 10.6 Å². The molecule has 0 unspecified atom stereocenters. The van der Waals surface area contributed by atoms with E-state index in [2.05, 4.69) is 5.32 Å². The Morgan fingerprint density at radius 1 is 1.06 bits per heavy atom. The van der Waals surface area contributed by atoms with Gasteiger partial charge in [0.2, 0.25) is 0 Å². The average molecular weight is 491 g/mol.